The summed E-state index contributed by atoms with van der Waals surface area (Å²) in [4.78, 5) is 0. The fraction of sp³-hybridized carbons (Fsp3) is 0.455. The van der Waals surface area contributed by atoms with Crippen molar-refractivity contribution in [2.75, 3.05) is 7.11 Å². The zero-order valence-electron chi connectivity index (χ0n) is 8.46. The van der Waals surface area contributed by atoms with E-state index in [1.54, 1.807) is 0 Å². The van der Waals surface area contributed by atoms with Crippen LogP contribution in [0.5, 0.6) is 11.5 Å². The first-order chi connectivity index (χ1) is 7.04. The fourth-order valence-electron chi connectivity index (χ4n) is 1.64. The molecule has 0 atom stereocenters. The average Bonchev–Trinajstić information content (AvgIpc) is 2.82. The number of methoxy groups -OCH3 is 1. The Kier molecular flexibility index (Phi) is 2.31. The second-order valence-electron chi connectivity index (χ2n) is 4.03. The quantitative estimate of drug-likeness (QED) is 0.800. The van der Waals surface area contributed by atoms with Crippen LogP contribution in [0.2, 0.25) is 0 Å². The SMILES string of the molecule is COc1c(O)cc(CC2(O)CC2)cc1F. The number of aliphatic hydroxyl groups is 1. The van der Waals surface area contributed by atoms with Gasteiger partial charge in [0.05, 0.1) is 12.7 Å². The molecule has 15 heavy (non-hydrogen) atoms. The number of aromatic hydroxyl groups is 1. The highest BCUT2D eigenvalue weighted by Crippen LogP contribution is 2.40. The Balaban J connectivity index is 2.26. The molecule has 0 unspecified atom stereocenters. The Labute approximate surface area is 87.1 Å². The molecule has 2 N–H and O–H groups in total. The van der Waals surface area contributed by atoms with E-state index < -0.39 is 11.4 Å². The van der Waals surface area contributed by atoms with Crippen LogP contribution in [0.3, 0.4) is 0 Å². The highest BCUT2D eigenvalue weighted by atomic mass is 19.1. The summed E-state index contributed by atoms with van der Waals surface area (Å²) < 4.78 is 18.0. The normalized spacial score (nSPS) is 17.5. The maximum atomic E-state index is 13.3. The van der Waals surface area contributed by atoms with E-state index in [9.17, 15) is 14.6 Å². The van der Waals surface area contributed by atoms with Gasteiger partial charge in [0.2, 0.25) is 0 Å². The number of hydrogen-bond donors (Lipinski definition) is 2. The van der Waals surface area contributed by atoms with Gasteiger partial charge in [0, 0.05) is 6.42 Å². The van der Waals surface area contributed by atoms with Crippen LogP contribution in [0.15, 0.2) is 12.1 Å². The predicted molar refractivity (Wildman–Crippen MR) is 52.5 cm³/mol. The van der Waals surface area contributed by atoms with Crippen molar-refractivity contribution in [3.63, 3.8) is 0 Å². The molecule has 0 saturated heterocycles. The van der Waals surface area contributed by atoms with Crippen molar-refractivity contribution in [1.29, 1.82) is 0 Å². The molecule has 1 aliphatic carbocycles. The summed E-state index contributed by atoms with van der Waals surface area (Å²) in [5, 5.41) is 19.1. The van der Waals surface area contributed by atoms with Gasteiger partial charge in [-0.2, -0.15) is 0 Å². The Morgan fingerprint density at radius 1 is 1.47 bits per heavy atom. The van der Waals surface area contributed by atoms with E-state index >= 15 is 0 Å². The predicted octanol–water partition coefficient (Wildman–Crippen LogP) is 1.61. The maximum absolute atomic E-state index is 13.3. The van der Waals surface area contributed by atoms with Crippen molar-refractivity contribution in [3.05, 3.63) is 23.5 Å². The molecular weight excluding hydrogens is 199 g/mol. The molecule has 1 fully saturated rings. The van der Waals surface area contributed by atoms with Crippen molar-refractivity contribution in [3.8, 4) is 11.5 Å². The van der Waals surface area contributed by atoms with Crippen LogP contribution in [0, 0.1) is 5.82 Å². The largest absolute Gasteiger partial charge is 0.504 e. The molecular formula is C11H13FO3. The number of ether oxygens (including phenoxy) is 1. The topological polar surface area (TPSA) is 49.7 Å². The summed E-state index contributed by atoms with van der Waals surface area (Å²) >= 11 is 0. The Bertz CT molecular complexity index is 362. The zero-order chi connectivity index (χ0) is 11.1. The van der Waals surface area contributed by atoms with E-state index in [1.807, 2.05) is 0 Å². The molecule has 0 bridgehead atoms. The Hall–Kier alpha value is -1.29. The van der Waals surface area contributed by atoms with E-state index in [4.69, 9.17) is 0 Å². The molecule has 0 heterocycles. The van der Waals surface area contributed by atoms with E-state index in [-0.39, 0.29) is 11.5 Å². The summed E-state index contributed by atoms with van der Waals surface area (Å²) in [6.45, 7) is 0. The molecule has 2 rings (SSSR count). The number of phenolic OH excluding ortho intramolecular Hbond substituents is 1. The van der Waals surface area contributed by atoms with E-state index in [1.165, 1.54) is 19.2 Å². The van der Waals surface area contributed by atoms with Gasteiger partial charge >= 0.3 is 0 Å². The van der Waals surface area contributed by atoms with Gasteiger partial charge in [0.1, 0.15) is 0 Å². The van der Waals surface area contributed by atoms with Gasteiger partial charge in [-0.1, -0.05) is 0 Å². The minimum absolute atomic E-state index is 0.151. The number of rotatable bonds is 3. The van der Waals surface area contributed by atoms with Crippen molar-refractivity contribution in [1.82, 2.24) is 0 Å². The molecule has 0 radical (unpaired) electrons. The fourth-order valence-corrected chi connectivity index (χ4v) is 1.64. The highest BCUT2D eigenvalue weighted by molar-refractivity contribution is 5.43. The lowest BCUT2D eigenvalue weighted by molar-refractivity contribution is 0.150. The molecule has 0 aliphatic heterocycles. The molecule has 3 nitrogen and oxygen atoms in total. The highest BCUT2D eigenvalue weighted by Gasteiger charge is 2.40. The number of halogens is 1. The van der Waals surface area contributed by atoms with E-state index in [0.717, 1.165) is 12.8 Å². The van der Waals surface area contributed by atoms with Gasteiger partial charge in [-0.3, -0.25) is 0 Å². The summed E-state index contributed by atoms with van der Waals surface area (Å²) in [5.41, 5.74) is -0.0983. The molecule has 1 saturated carbocycles. The Morgan fingerprint density at radius 2 is 2.13 bits per heavy atom. The lowest BCUT2D eigenvalue weighted by Crippen LogP contribution is -2.10. The summed E-state index contributed by atoms with van der Waals surface area (Å²) in [6.07, 6.45) is 1.85. The summed E-state index contributed by atoms with van der Waals surface area (Å²) in [5.74, 6) is -0.977. The van der Waals surface area contributed by atoms with Crippen LogP contribution in [0.25, 0.3) is 0 Å². The third-order valence-electron chi connectivity index (χ3n) is 2.65. The van der Waals surface area contributed by atoms with Crippen LogP contribution >= 0.6 is 0 Å². The second-order valence-corrected chi connectivity index (χ2v) is 4.03. The monoisotopic (exact) mass is 212 g/mol. The third kappa shape index (κ3) is 2.04. The average molecular weight is 212 g/mol. The maximum Gasteiger partial charge on any atom is 0.196 e. The first-order valence-electron chi connectivity index (χ1n) is 4.82. The standard InChI is InChI=1S/C11H13FO3/c1-15-10-8(12)4-7(5-9(10)13)6-11(14)2-3-11/h4-5,13-14H,2-3,6H2,1H3. The lowest BCUT2D eigenvalue weighted by atomic mass is 10.1. The number of benzene rings is 1. The minimum atomic E-state index is -0.687. The van der Waals surface area contributed by atoms with Gasteiger partial charge in [0.15, 0.2) is 17.3 Å². The molecule has 1 aliphatic rings. The van der Waals surface area contributed by atoms with Gasteiger partial charge in [-0.25, -0.2) is 4.39 Å². The number of phenols is 1. The molecule has 0 spiro atoms. The van der Waals surface area contributed by atoms with E-state index in [0.29, 0.717) is 12.0 Å². The molecule has 1 aromatic rings. The van der Waals surface area contributed by atoms with Crippen LogP contribution < -0.4 is 4.74 Å². The van der Waals surface area contributed by atoms with Crippen molar-refractivity contribution < 1.29 is 19.3 Å². The van der Waals surface area contributed by atoms with Crippen LogP contribution in [0.4, 0.5) is 4.39 Å². The van der Waals surface area contributed by atoms with Gasteiger partial charge in [-0.15, -0.1) is 0 Å². The Morgan fingerprint density at radius 3 is 2.60 bits per heavy atom. The smallest absolute Gasteiger partial charge is 0.196 e. The number of hydrogen-bond acceptors (Lipinski definition) is 3. The van der Waals surface area contributed by atoms with Crippen LogP contribution in [-0.2, 0) is 6.42 Å². The van der Waals surface area contributed by atoms with Gasteiger partial charge < -0.3 is 14.9 Å². The third-order valence-corrected chi connectivity index (χ3v) is 2.65. The van der Waals surface area contributed by atoms with Crippen LogP contribution in [-0.4, -0.2) is 22.9 Å². The molecule has 0 aromatic heterocycles. The van der Waals surface area contributed by atoms with E-state index in [2.05, 4.69) is 4.74 Å². The molecule has 0 amide bonds. The van der Waals surface area contributed by atoms with Gasteiger partial charge in [0.25, 0.3) is 0 Å². The first kappa shape index (κ1) is 10.2. The molecule has 1 aromatic carbocycles. The summed E-state index contributed by atoms with van der Waals surface area (Å²) in [7, 11) is 1.30. The minimum Gasteiger partial charge on any atom is -0.504 e. The van der Waals surface area contributed by atoms with Gasteiger partial charge in [-0.05, 0) is 30.5 Å². The summed E-state index contributed by atoms with van der Waals surface area (Å²) in [6, 6.07) is 2.72. The van der Waals surface area contributed by atoms with Crippen LogP contribution in [0.1, 0.15) is 18.4 Å². The zero-order valence-corrected chi connectivity index (χ0v) is 8.46. The van der Waals surface area contributed by atoms with Crippen molar-refractivity contribution in [2.45, 2.75) is 24.9 Å². The van der Waals surface area contributed by atoms with Crippen molar-refractivity contribution >= 4 is 0 Å². The van der Waals surface area contributed by atoms with Crippen molar-refractivity contribution in [2.24, 2.45) is 0 Å². The first-order valence-corrected chi connectivity index (χ1v) is 4.82. The molecule has 82 valence electrons. The second kappa shape index (κ2) is 3.38. The lowest BCUT2D eigenvalue weighted by Gasteiger charge is -2.10. The molecule has 4 heteroatoms.